The highest BCUT2D eigenvalue weighted by atomic mass is 16.5. The summed E-state index contributed by atoms with van der Waals surface area (Å²) in [5.74, 6) is 0.695. The Bertz CT molecular complexity index is 1150. The highest BCUT2D eigenvalue weighted by Gasteiger charge is 2.42. The lowest BCUT2D eigenvalue weighted by Crippen LogP contribution is -2.37. The first-order valence-electron chi connectivity index (χ1n) is 10.7. The van der Waals surface area contributed by atoms with E-state index in [1.165, 1.54) is 0 Å². The van der Waals surface area contributed by atoms with Crippen LogP contribution in [0.3, 0.4) is 0 Å². The maximum atomic E-state index is 13.2. The van der Waals surface area contributed by atoms with Crippen LogP contribution in [0.4, 0.5) is 11.4 Å². The Balaban J connectivity index is 1.36. The zero-order valence-corrected chi connectivity index (χ0v) is 17.1. The van der Waals surface area contributed by atoms with Gasteiger partial charge in [0.05, 0.1) is 30.8 Å². The van der Waals surface area contributed by atoms with E-state index in [0.29, 0.717) is 24.4 Å². The predicted molar refractivity (Wildman–Crippen MR) is 115 cm³/mol. The number of anilines is 2. The molecule has 5 heterocycles. The number of morpholine rings is 1. The number of hydrogen-bond acceptors (Lipinski definition) is 7. The second-order valence-corrected chi connectivity index (χ2v) is 8.37. The van der Waals surface area contributed by atoms with Gasteiger partial charge in [-0.25, -0.2) is 9.50 Å². The van der Waals surface area contributed by atoms with Crippen molar-refractivity contribution < 1.29 is 14.3 Å². The van der Waals surface area contributed by atoms with Gasteiger partial charge < -0.3 is 25.0 Å². The molecule has 3 aliphatic heterocycles. The van der Waals surface area contributed by atoms with E-state index in [4.69, 9.17) is 9.47 Å². The monoisotopic (exact) mass is 420 g/mol. The van der Waals surface area contributed by atoms with Gasteiger partial charge in [-0.2, -0.15) is 5.10 Å². The van der Waals surface area contributed by atoms with Crippen molar-refractivity contribution in [3.63, 3.8) is 0 Å². The number of nitrogens with one attached hydrogen (secondary N) is 2. The quantitative estimate of drug-likeness (QED) is 0.663. The van der Waals surface area contributed by atoms with Gasteiger partial charge in [0.2, 0.25) is 0 Å². The Labute approximate surface area is 179 Å². The Morgan fingerprint density at radius 1 is 1.26 bits per heavy atom. The minimum atomic E-state index is -0.223. The molecule has 9 heteroatoms. The molecule has 160 valence electrons. The lowest BCUT2D eigenvalue weighted by Gasteiger charge is -2.31. The Hall–Kier alpha value is -3.17. The Morgan fingerprint density at radius 2 is 2.16 bits per heavy atom. The summed E-state index contributed by atoms with van der Waals surface area (Å²) < 4.78 is 13.6. The third-order valence-corrected chi connectivity index (χ3v) is 6.35. The normalized spacial score (nSPS) is 22.6. The third-order valence-electron chi connectivity index (χ3n) is 6.35. The number of ether oxygens (including phenoxy) is 2. The maximum Gasteiger partial charge on any atom is 0.261 e. The molecule has 1 atom stereocenters. The van der Waals surface area contributed by atoms with Gasteiger partial charge in [0.15, 0.2) is 5.65 Å². The van der Waals surface area contributed by atoms with Crippen LogP contribution in [0.2, 0.25) is 0 Å². The molecule has 3 aromatic rings. The number of carbonyl (C=O) groups excluding carboxylic acids is 1. The number of fused-ring (bicyclic) bond motifs is 2. The molecule has 0 aliphatic carbocycles. The molecule has 9 nitrogen and oxygen atoms in total. The first kappa shape index (κ1) is 18.6. The molecular formula is C22H24N6O3. The molecule has 31 heavy (non-hydrogen) atoms. The molecule has 0 saturated carbocycles. The van der Waals surface area contributed by atoms with Gasteiger partial charge in [0.25, 0.3) is 5.91 Å². The van der Waals surface area contributed by atoms with Crippen LogP contribution in [0, 0.1) is 0 Å². The first-order chi connectivity index (χ1) is 15.2. The number of benzene rings is 1. The average molecular weight is 420 g/mol. The number of hydrogen-bond donors (Lipinski definition) is 2. The van der Waals surface area contributed by atoms with Gasteiger partial charge in [-0.15, -0.1) is 0 Å². The van der Waals surface area contributed by atoms with E-state index in [0.717, 1.165) is 61.7 Å². The molecule has 1 aromatic carbocycles. The van der Waals surface area contributed by atoms with Crippen molar-refractivity contribution in [2.75, 3.05) is 49.6 Å². The smallest absolute Gasteiger partial charge is 0.261 e. The zero-order chi connectivity index (χ0) is 20.8. The molecule has 1 spiro atoms. The zero-order valence-electron chi connectivity index (χ0n) is 17.1. The summed E-state index contributed by atoms with van der Waals surface area (Å²) in [5.41, 5.74) is 3.69. The van der Waals surface area contributed by atoms with E-state index in [2.05, 4.69) is 37.7 Å². The number of rotatable bonds is 3. The lowest BCUT2D eigenvalue weighted by atomic mass is 9.96. The summed E-state index contributed by atoms with van der Waals surface area (Å²) in [7, 11) is 0. The van der Waals surface area contributed by atoms with Crippen LogP contribution in [-0.2, 0) is 11.2 Å². The molecule has 2 saturated heterocycles. The van der Waals surface area contributed by atoms with Gasteiger partial charge in [-0.1, -0.05) is 0 Å². The molecule has 3 aliphatic rings. The van der Waals surface area contributed by atoms with Gasteiger partial charge in [0.1, 0.15) is 16.9 Å². The standard InChI is InChI=1S/C22H24N6O3/c29-21(16-13-25-28-5-1-3-24-20(16)28)26-17-10-15-12-22(2-4-23-14-22)31-19(15)11-18(17)27-6-8-30-9-7-27/h1,3,5,10-11,13,23H,2,4,6-9,12,14H2,(H,26,29). The molecular weight excluding hydrogens is 396 g/mol. The van der Waals surface area contributed by atoms with Crippen LogP contribution < -0.4 is 20.3 Å². The second-order valence-electron chi connectivity index (χ2n) is 8.37. The SMILES string of the molecule is O=C(Nc1cc2c(cc1N1CCOCC1)OC1(CCNC1)C2)c1cnn2cccnc12. The number of nitrogens with zero attached hydrogens (tertiary/aromatic N) is 4. The summed E-state index contributed by atoms with van der Waals surface area (Å²) >= 11 is 0. The molecule has 2 aromatic heterocycles. The Kier molecular flexibility index (Phi) is 4.32. The van der Waals surface area contributed by atoms with Crippen molar-refractivity contribution in [1.29, 1.82) is 0 Å². The van der Waals surface area contributed by atoms with E-state index in [1.54, 1.807) is 29.2 Å². The average Bonchev–Trinajstić information content (AvgIpc) is 3.52. The summed E-state index contributed by atoms with van der Waals surface area (Å²) in [6, 6.07) is 5.94. The van der Waals surface area contributed by atoms with E-state index in [9.17, 15) is 4.79 Å². The van der Waals surface area contributed by atoms with Crippen molar-refractivity contribution >= 4 is 22.9 Å². The molecule has 0 bridgehead atoms. The highest BCUT2D eigenvalue weighted by Crippen LogP contribution is 2.44. The fraction of sp³-hybridized carbons (Fsp3) is 0.409. The van der Waals surface area contributed by atoms with E-state index in [1.807, 2.05) is 0 Å². The molecule has 0 radical (unpaired) electrons. The van der Waals surface area contributed by atoms with Crippen LogP contribution in [0.5, 0.6) is 5.75 Å². The maximum absolute atomic E-state index is 13.2. The molecule has 1 amide bonds. The predicted octanol–water partition coefficient (Wildman–Crippen LogP) is 1.49. The summed E-state index contributed by atoms with van der Waals surface area (Å²) in [5, 5.41) is 10.8. The van der Waals surface area contributed by atoms with Crippen LogP contribution in [0.1, 0.15) is 22.3 Å². The lowest BCUT2D eigenvalue weighted by molar-refractivity contribution is 0.102. The van der Waals surface area contributed by atoms with Crippen molar-refractivity contribution in [3.05, 3.63) is 47.9 Å². The molecule has 1 unspecified atom stereocenters. The summed E-state index contributed by atoms with van der Waals surface area (Å²) in [4.78, 5) is 19.7. The third kappa shape index (κ3) is 3.21. The van der Waals surface area contributed by atoms with E-state index >= 15 is 0 Å². The van der Waals surface area contributed by atoms with Gasteiger partial charge in [0, 0.05) is 56.5 Å². The van der Waals surface area contributed by atoms with E-state index in [-0.39, 0.29) is 11.5 Å². The van der Waals surface area contributed by atoms with Crippen molar-refractivity contribution in [3.8, 4) is 5.75 Å². The minimum absolute atomic E-state index is 0.167. The summed E-state index contributed by atoms with van der Waals surface area (Å²) in [6.45, 7) is 4.69. The van der Waals surface area contributed by atoms with Gasteiger partial charge >= 0.3 is 0 Å². The van der Waals surface area contributed by atoms with Crippen LogP contribution in [-0.4, -0.2) is 65.5 Å². The topological polar surface area (TPSA) is 93.0 Å². The number of amides is 1. The minimum Gasteiger partial charge on any atom is -0.485 e. The summed E-state index contributed by atoms with van der Waals surface area (Å²) in [6.07, 6.45) is 6.83. The van der Waals surface area contributed by atoms with Crippen molar-refractivity contribution in [2.45, 2.75) is 18.4 Å². The first-order valence-corrected chi connectivity index (χ1v) is 10.7. The largest absolute Gasteiger partial charge is 0.485 e. The van der Waals surface area contributed by atoms with Crippen molar-refractivity contribution in [2.24, 2.45) is 0 Å². The van der Waals surface area contributed by atoms with Crippen LogP contribution in [0.25, 0.3) is 5.65 Å². The van der Waals surface area contributed by atoms with Crippen LogP contribution in [0.15, 0.2) is 36.8 Å². The Morgan fingerprint density at radius 3 is 3.00 bits per heavy atom. The van der Waals surface area contributed by atoms with E-state index < -0.39 is 0 Å². The molecule has 6 rings (SSSR count). The van der Waals surface area contributed by atoms with Gasteiger partial charge in [-0.05, 0) is 18.7 Å². The fourth-order valence-electron chi connectivity index (χ4n) is 4.77. The molecule has 2 fully saturated rings. The van der Waals surface area contributed by atoms with Gasteiger partial charge in [-0.3, -0.25) is 4.79 Å². The van der Waals surface area contributed by atoms with Crippen molar-refractivity contribution in [1.82, 2.24) is 19.9 Å². The molecule has 2 N–H and O–H groups in total. The second kappa shape index (κ2) is 7.21. The van der Waals surface area contributed by atoms with Crippen LogP contribution >= 0.6 is 0 Å². The number of aromatic nitrogens is 3. The number of carbonyl (C=O) groups is 1. The highest BCUT2D eigenvalue weighted by molar-refractivity contribution is 6.09. The fourth-order valence-corrected chi connectivity index (χ4v) is 4.77.